The van der Waals surface area contributed by atoms with E-state index in [9.17, 15) is 14.7 Å². The van der Waals surface area contributed by atoms with Crippen molar-refractivity contribution in [1.29, 1.82) is 0 Å². The number of nitrogens with one attached hydrogen (secondary N) is 1. The van der Waals surface area contributed by atoms with Crippen molar-refractivity contribution in [3.8, 4) is 16.9 Å². The van der Waals surface area contributed by atoms with Crippen LogP contribution in [-0.4, -0.2) is 16.9 Å². The van der Waals surface area contributed by atoms with Gasteiger partial charge in [0.25, 0.3) is 11.8 Å². The van der Waals surface area contributed by atoms with Crippen LogP contribution in [0.2, 0.25) is 0 Å². The molecule has 156 valence electrons. The topological polar surface area (TPSA) is 69.6 Å². The van der Waals surface area contributed by atoms with Gasteiger partial charge >= 0.3 is 29.6 Å². The second-order valence-corrected chi connectivity index (χ2v) is 7.06. The Morgan fingerprint density at radius 2 is 1.48 bits per heavy atom. The van der Waals surface area contributed by atoms with Crippen molar-refractivity contribution in [1.82, 2.24) is 5.43 Å². The number of hydrazine groups is 1. The molecule has 0 radical (unpaired) electrons. The average molecular weight is 426 g/mol. The van der Waals surface area contributed by atoms with Crippen molar-refractivity contribution in [3.63, 3.8) is 0 Å². The Balaban J connectivity index is 0.000000310. The van der Waals surface area contributed by atoms with E-state index in [1.807, 2.05) is 73.7 Å². The summed E-state index contributed by atoms with van der Waals surface area (Å²) in [5.41, 5.74) is 5.26. The molecule has 1 atom stereocenters. The number of para-hydroxylation sites is 2. The Morgan fingerprint density at radius 1 is 0.903 bits per heavy atom. The van der Waals surface area contributed by atoms with Gasteiger partial charge in [-0.15, -0.1) is 0 Å². The zero-order chi connectivity index (χ0) is 21.3. The molecule has 0 aliphatic carbocycles. The van der Waals surface area contributed by atoms with E-state index in [1.54, 1.807) is 18.2 Å². The number of rotatable bonds is 5. The molecule has 1 fully saturated rings. The van der Waals surface area contributed by atoms with Gasteiger partial charge in [0, 0.05) is 5.56 Å². The van der Waals surface area contributed by atoms with Crippen LogP contribution in [0.1, 0.15) is 27.6 Å². The van der Waals surface area contributed by atoms with Gasteiger partial charge in [0.2, 0.25) is 0 Å². The van der Waals surface area contributed by atoms with Crippen LogP contribution in [0.3, 0.4) is 0 Å². The van der Waals surface area contributed by atoms with Gasteiger partial charge in [-0.05, 0) is 30.2 Å². The molecule has 31 heavy (non-hydrogen) atoms. The molecule has 3 aromatic rings. The summed E-state index contributed by atoms with van der Waals surface area (Å²) < 4.78 is 0. The third-order valence-electron chi connectivity index (χ3n) is 4.91. The van der Waals surface area contributed by atoms with Crippen LogP contribution in [0.5, 0.6) is 5.75 Å². The normalized spacial score (nSPS) is 14.9. The Morgan fingerprint density at radius 3 is 2.10 bits per heavy atom. The fourth-order valence-electron chi connectivity index (χ4n) is 3.28. The van der Waals surface area contributed by atoms with Gasteiger partial charge in [-0.25, -0.2) is 5.01 Å². The zero-order valence-corrected chi connectivity index (χ0v) is 20.0. The molecule has 4 rings (SSSR count). The number of anilines is 1. The molecule has 0 spiro atoms. The molecular weight excluding hydrogens is 399 g/mol. The summed E-state index contributed by atoms with van der Waals surface area (Å²) in [6.45, 7) is 2.05. The number of aromatic hydroxyl groups is 1. The fourth-order valence-corrected chi connectivity index (χ4v) is 3.28. The summed E-state index contributed by atoms with van der Waals surface area (Å²) in [7, 11) is 0. The molecule has 1 aliphatic heterocycles. The number of amides is 2. The fraction of sp³-hybridized carbons (Fsp3) is 0.200. The number of carbonyl (C=O) groups excluding carboxylic acids is 2. The molecule has 1 saturated heterocycles. The van der Waals surface area contributed by atoms with Crippen LogP contribution in [0.25, 0.3) is 11.1 Å². The smallest absolute Gasteiger partial charge is 1.00 e. The number of unbranched alkanes of at least 4 members (excludes halogenated alkanes) is 1. The minimum Gasteiger partial charge on any atom is -1.00 e. The summed E-state index contributed by atoms with van der Waals surface area (Å²) in [6, 6.07) is 26.4. The molecule has 0 saturated carbocycles. The molecule has 3 aromatic carbocycles. The minimum atomic E-state index is -0.518. The van der Waals surface area contributed by atoms with E-state index in [1.165, 1.54) is 5.01 Å². The summed E-state index contributed by atoms with van der Waals surface area (Å²) in [4.78, 5) is 23.8. The largest absolute Gasteiger partial charge is 1.00 e. The maximum absolute atomic E-state index is 12.1. The molecule has 1 heterocycles. The molecule has 0 bridgehead atoms. The number of nitrogens with zero attached hydrogens (tertiary/aromatic N) is 1. The van der Waals surface area contributed by atoms with Gasteiger partial charge in [0.1, 0.15) is 11.7 Å². The second-order valence-electron chi connectivity index (χ2n) is 7.06. The summed E-state index contributed by atoms with van der Waals surface area (Å²) >= 11 is 0. The SMILES string of the molecule is CCCCC1C(=O)NN(c2ccccc2)C1=O.Oc1ccccc1-c1ccccc1.[H-].[Na+]. The van der Waals surface area contributed by atoms with E-state index in [0.29, 0.717) is 17.9 Å². The van der Waals surface area contributed by atoms with Gasteiger partial charge in [0.05, 0.1) is 5.69 Å². The predicted octanol–water partition coefficient (Wildman–Crippen LogP) is 2.05. The maximum atomic E-state index is 12.1. The van der Waals surface area contributed by atoms with Crippen molar-refractivity contribution in [2.24, 2.45) is 5.92 Å². The maximum Gasteiger partial charge on any atom is 1.00 e. The molecule has 5 nitrogen and oxygen atoms in total. The van der Waals surface area contributed by atoms with E-state index >= 15 is 0 Å². The summed E-state index contributed by atoms with van der Waals surface area (Å²) in [5.74, 6) is -0.522. The van der Waals surface area contributed by atoms with E-state index in [4.69, 9.17) is 0 Å². The number of hydrogen-bond acceptors (Lipinski definition) is 3. The van der Waals surface area contributed by atoms with Gasteiger partial charge in [0.15, 0.2) is 0 Å². The van der Waals surface area contributed by atoms with Crippen LogP contribution in [0.15, 0.2) is 84.9 Å². The second kappa shape index (κ2) is 12.3. The van der Waals surface area contributed by atoms with Crippen molar-refractivity contribution >= 4 is 17.5 Å². The van der Waals surface area contributed by atoms with E-state index in [2.05, 4.69) is 5.43 Å². The van der Waals surface area contributed by atoms with Crippen LogP contribution in [-0.2, 0) is 9.59 Å². The van der Waals surface area contributed by atoms with E-state index < -0.39 is 5.92 Å². The zero-order valence-electron chi connectivity index (χ0n) is 19.0. The first-order chi connectivity index (χ1) is 14.6. The predicted molar refractivity (Wildman–Crippen MR) is 120 cm³/mol. The standard InChI is InChI=1S/C13H16N2O2.C12H10O.Na.H/c1-2-3-9-11-12(16)14-15(13(11)17)10-7-5-4-6-8-10;13-12-9-5-4-8-11(12)10-6-2-1-3-7-10;;/h4-8,11H,2-3,9H2,1H3,(H,14,16);1-9,13H;;/q;;+1;-1. The Bertz CT molecular complexity index is 987. The van der Waals surface area contributed by atoms with Gasteiger partial charge in [-0.3, -0.25) is 15.0 Å². The van der Waals surface area contributed by atoms with Crippen molar-refractivity contribution in [2.45, 2.75) is 26.2 Å². The van der Waals surface area contributed by atoms with Crippen molar-refractivity contribution in [2.75, 3.05) is 5.01 Å². The average Bonchev–Trinajstić information content (AvgIpc) is 3.07. The minimum absolute atomic E-state index is 0. The van der Waals surface area contributed by atoms with Crippen molar-refractivity contribution in [3.05, 3.63) is 84.9 Å². The third kappa shape index (κ3) is 6.44. The molecule has 1 aliphatic rings. The molecule has 2 N–H and O–H groups in total. The van der Waals surface area contributed by atoms with E-state index in [-0.39, 0.29) is 42.8 Å². The number of carbonyl (C=O) groups is 2. The molecule has 6 heteroatoms. The van der Waals surface area contributed by atoms with Crippen molar-refractivity contribution < 1.29 is 45.7 Å². The molecular formula is C25H27N2NaO3. The Kier molecular flexibility index (Phi) is 9.79. The number of phenols is 1. The van der Waals surface area contributed by atoms with Crippen LogP contribution < -0.4 is 40.0 Å². The Hall–Kier alpha value is -2.60. The summed E-state index contributed by atoms with van der Waals surface area (Å²) in [6.07, 6.45) is 2.51. The van der Waals surface area contributed by atoms with Gasteiger partial charge in [-0.2, -0.15) is 0 Å². The van der Waals surface area contributed by atoms with E-state index in [0.717, 1.165) is 24.0 Å². The van der Waals surface area contributed by atoms with Gasteiger partial charge < -0.3 is 6.53 Å². The quantitative estimate of drug-likeness (QED) is 0.485. The summed E-state index contributed by atoms with van der Waals surface area (Å²) in [5, 5.41) is 10.9. The Labute approximate surface area is 206 Å². The van der Waals surface area contributed by atoms with Crippen LogP contribution in [0, 0.1) is 5.92 Å². The monoisotopic (exact) mass is 426 g/mol. The number of benzene rings is 3. The first-order valence-electron chi connectivity index (χ1n) is 10.1. The number of phenolic OH excluding ortho intramolecular Hbond substituents is 1. The van der Waals surface area contributed by atoms with Gasteiger partial charge in [-0.1, -0.05) is 86.5 Å². The molecule has 0 aromatic heterocycles. The number of hydrogen-bond donors (Lipinski definition) is 2. The molecule has 2 amide bonds. The third-order valence-corrected chi connectivity index (χ3v) is 4.91. The first kappa shape index (κ1) is 24.7. The molecule has 1 unspecified atom stereocenters. The van der Waals surface area contributed by atoms with Crippen LogP contribution in [0.4, 0.5) is 5.69 Å². The first-order valence-corrected chi connectivity index (χ1v) is 10.1. The van der Waals surface area contributed by atoms with Crippen LogP contribution >= 0.6 is 0 Å².